The van der Waals surface area contributed by atoms with Crippen LogP contribution in [-0.2, 0) is 13.0 Å². The smallest absolute Gasteiger partial charge is 0.163 e. The molecule has 0 amide bonds. The van der Waals surface area contributed by atoms with E-state index in [2.05, 4.69) is 15.2 Å². The van der Waals surface area contributed by atoms with Crippen molar-refractivity contribution in [1.29, 1.82) is 0 Å². The minimum absolute atomic E-state index is 0.811. The third kappa shape index (κ3) is 2.38. The lowest BCUT2D eigenvalue weighted by atomic mass is 10.1. The van der Waals surface area contributed by atoms with E-state index in [4.69, 9.17) is 9.97 Å². The van der Waals surface area contributed by atoms with Crippen molar-refractivity contribution >= 4 is 5.82 Å². The van der Waals surface area contributed by atoms with Gasteiger partial charge in [-0.05, 0) is 25.0 Å². The first-order chi connectivity index (χ1) is 10.4. The van der Waals surface area contributed by atoms with Crippen molar-refractivity contribution in [2.45, 2.75) is 25.8 Å². The molecular weight excluding hydrogens is 262 g/mol. The van der Waals surface area contributed by atoms with Gasteiger partial charge in [0.15, 0.2) is 5.82 Å². The van der Waals surface area contributed by atoms with Crippen molar-refractivity contribution in [3.05, 3.63) is 35.8 Å². The quantitative estimate of drug-likeness (QED) is 0.909. The Balaban J connectivity index is 1.83. The standard InChI is InChI=1S/C16H19N5/c1-2-9-21(8-1)16-13-11-18-7-5-14(13)19-15(20-16)12-4-3-6-17-10-12/h3-4,6,10,18H,1-2,5,7-9,11H2. The van der Waals surface area contributed by atoms with E-state index in [0.29, 0.717) is 0 Å². The monoisotopic (exact) mass is 281 g/mol. The van der Waals surface area contributed by atoms with Gasteiger partial charge in [0.05, 0.1) is 5.69 Å². The highest BCUT2D eigenvalue weighted by Crippen LogP contribution is 2.29. The lowest BCUT2D eigenvalue weighted by Crippen LogP contribution is -2.30. The molecule has 1 N–H and O–H groups in total. The molecule has 0 aromatic carbocycles. The number of fused-ring (bicyclic) bond motifs is 1. The molecule has 4 rings (SSSR count). The molecule has 1 saturated heterocycles. The van der Waals surface area contributed by atoms with Gasteiger partial charge >= 0.3 is 0 Å². The van der Waals surface area contributed by atoms with Gasteiger partial charge in [-0.15, -0.1) is 0 Å². The van der Waals surface area contributed by atoms with Crippen molar-refractivity contribution < 1.29 is 0 Å². The SMILES string of the molecule is c1cncc(-c2nc3c(c(N4CCCC4)n2)CNCC3)c1. The van der Waals surface area contributed by atoms with Crippen LogP contribution >= 0.6 is 0 Å². The molecule has 108 valence electrons. The second-order valence-electron chi connectivity index (χ2n) is 5.66. The highest BCUT2D eigenvalue weighted by molar-refractivity contribution is 5.60. The third-order valence-electron chi connectivity index (χ3n) is 4.24. The predicted octanol–water partition coefficient (Wildman–Crippen LogP) is 1.78. The molecular formula is C16H19N5. The molecule has 2 aliphatic heterocycles. The number of aromatic nitrogens is 3. The summed E-state index contributed by atoms with van der Waals surface area (Å²) in [6.07, 6.45) is 7.12. The first-order valence-corrected chi connectivity index (χ1v) is 7.68. The zero-order valence-electron chi connectivity index (χ0n) is 12.0. The molecule has 1 fully saturated rings. The van der Waals surface area contributed by atoms with E-state index in [-0.39, 0.29) is 0 Å². The lowest BCUT2D eigenvalue weighted by Gasteiger charge is -2.25. The van der Waals surface area contributed by atoms with Gasteiger partial charge in [0.25, 0.3) is 0 Å². The summed E-state index contributed by atoms with van der Waals surface area (Å²) in [5.41, 5.74) is 3.49. The van der Waals surface area contributed by atoms with E-state index in [1.807, 2.05) is 18.3 Å². The summed E-state index contributed by atoms with van der Waals surface area (Å²) in [7, 11) is 0. The van der Waals surface area contributed by atoms with Crippen LogP contribution in [0.2, 0.25) is 0 Å². The normalized spacial score (nSPS) is 17.8. The van der Waals surface area contributed by atoms with Gasteiger partial charge in [0.2, 0.25) is 0 Å². The summed E-state index contributed by atoms with van der Waals surface area (Å²) in [5, 5.41) is 3.45. The molecule has 0 saturated carbocycles. The van der Waals surface area contributed by atoms with Crippen molar-refractivity contribution in [3.63, 3.8) is 0 Å². The fourth-order valence-corrected chi connectivity index (χ4v) is 3.14. The Morgan fingerprint density at radius 3 is 2.86 bits per heavy atom. The minimum Gasteiger partial charge on any atom is -0.356 e. The van der Waals surface area contributed by atoms with Crippen LogP contribution in [0.4, 0.5) is 5.82 Å². The molecule has 4 heterocycles. The first-order valence-electron chi connectivity index (χ1n) is 7.68. The van der Waals surface area contributed by atoms with Crippen LogP contribution in [0.1, 0.15) is 24.1 Å². The zero-order valence-corrected chi connectivity index (χ0v) is 12.0. The van der Waals surface area contributed by atoms with E-state index < -0.39 is 0 Å². The molecule has 0 spiro atoms. The molecule has 21 heavy (non-hydrogen) atoms. The average Bonchev–Trinajstić information content (AvgIpc) is 3.09. The van der Waals surface area contributed by atoms with Gasteiger partial charge in [-0.3, -0.25) is 4.98 Å². The zero-order chi connectivity index (χ0) is 14.1. The van der Waals surface area contributed by atoms with Crippen LogP contribution in [0.5, 0.6) is 0 Å². The summed E-state index contributed by atoms with van der Waals surface area (Å²) in [5.74, 6) is 1.94. The highest BCUT2D eigenvalue weighted by atomic mass is 15.2. The largest absolute Gasteiger partial charge is 0.356 e. The molecule has 0 aliphatic carbocycles. The number of nitrogens with zero attached hydrogens (tertiary/aromatic N) is 4. The van der Waals surface area contributed by atoms with Gasteiger partial charge in [-0.2, -0.15) is 0 Å². The molecule has 5 heteroatoms. The van der Waals surface area contributed by atoms with E-state index in [0.717, 1.165) is 49.8 Å². The summed E-state index contributed by atoms with van der Waals surface area (Å²) in [4.78, 5) is 16.3. The third-order valence-corrected chi connectivity index (χ3v) is 4.24. The average molecular weight is 281 g/mol. The number of nitrogens with one attached hydrogen (secondary N) is 1. The molecule has 2 aromatic rings. The first kappa shape index (κ1) is 12.7. The van der Waals surface area contributed by atoms with E-state index in [1.165, 1.54) is 24.1 Å². The Kier molecular flexibility index (Phi) is 3.27. The Morgan fingerprint density at radius 2 is 2.05 bits per heavy atom. The lowest BCUT2D eigenvalue weighted by molar-refractivity contribution is 0.624. The molecule has 5 nitrogen and oxygen atoms in total. The van der Waals surface area contributed by atoms with Crippen LogP contribution < -0.4 is 10.2 Å². The Morgan fingerprint density at radius 1 is 1.14 bits per heavy atom. The van der Waals surface area contributed by atoms with Crippen molar-refractivity contribution in [2.75, 3.05) is 24.5 Å². The number of anilines is 1. The van der Waals surface area contributed by atoms with Crippen LogP contribution in [0.3, 0.4) is 0 Å². The maximum atomic E-state index is 4.87. The van der Waals surface area contributed by atoms with Crippen LogP contribution in [0.25, 0.3) is 11.4 Å². The minimum atomic E-state index is 0.811. The Hall–Kier alpha value is -2.01. The highest BCUT2D eigenvalue weighted by Gasteiger charge is 2.23. The second-order valence-corrected chi connectivity index (χ2v) is 5.66. The van der Waals surface area contributed by atoms with Crippen LogP contribution in [-0.4, -0.2) is 34.6 Å². The predicted molar refractivity (Wildman–Crippen MR) is 82.1 cm³/mol. The maximum Gasteiger partial charge on any atom is 0.163 e. The van der Waals surface area contributed by atoms with E-state index in [1.54, 1.807) is 6.20 Å². The second kappa shape index (κ2) is 5.41. The Bertz CT molecular complexity index is 635. The Labute approximate surface area is 124 Å². The fraction of sp³-hybridized carbons (Fsp3) is 0.438. The van der Waals surface area contributed by atoms with Gasteiger partial charge in [-0.1, -0.05) is 0 Å². The molecule has 0 radical (unpaired) electrons. The van der Waals surface area contributed by atoms with Crippen LogP contribution in [0.15, 0.2) is 24.5 Å². The van der Waals surface area contributed by atoms with Gasteiger partial charge in [0, 0.05) is 56.1 Å². The number of pyridine rings is 1. The number of rotatable bonds is 2. The van der Waals surface area contributed by atoms with E-state index >= 15 is 0 Å². The fourth-order valence-electron chi connectivity index (χ4n) is 3.14. The number of hydrogen-bond acceptors (Lipinski definition) is 5. The van der Waals surface area contributed by atoms with Crippen molar-refractivity contribution in [1.82, 2.24) is 20.3 Å². The maximum absolute atomic E-state index is 4.87. The molecule has 0 bridgehead atoms. The number of hydrogen-bond donors (Lipinski definition) is 1. The van der Waals surface area contributed by atoms with Gasteiger partial charge < -0.3 is 10.2 Å². The van der Waals surface area contributed by atoms with Crippen LogP contribution in [0, 0.1) is 0 Å². The summed E-state index contributed by atoms with van der Waals surface area (Å²) in [6.45, 7) is 4.09. The molecule has 0 atom stereocenters. The summed E-state index contributed by atoms with van der Waals surface area (Å²) < 4.78 is 0. The van der Waals surface area contributed by atoms with Gasteiger partial charge in [0.1, 0.15) is 5.82 Å². The molecule has 2 aliphatic rings. The molecule has 0 unspecified atom stereocenters. The molecule has 2 aromatic heterocycles. The summed E-state index contributed by atoms with van der Waals surface area (Å²) >= 11 is 0. The summed E-state index contributed by atoms with van der Waals surface area (Å²) in [6, 6.07) is 3.97. The van der Waals surface area contributed by atoms with Crippen molar-refractivity contribution in [2.24, 2.45) is 0 Å². The van der Waals surface area contributed by atoms with Crippen molar-refractivity contribution in [3.8, 4) is 11.4 Å². The topological polar surface area (TPSA) is 53.9 Å². The van der Waals surface area contributed by atoms with Gasteiger partial charge in [-0.25, -0.2) is 9.97 Å². The van der Waals surface area contributed by atoms with E-state index in [9.17, 15) is 0 Å².